The summed E-state index contributed by atoms with van der Waals surface area (Å²) in [7, 11) is 1.79. The third kappa shape index (κ3) is 4.82. The molecule has 160 valence electrons. The highest BCUT2D eigenvalue weighted by molar-refractivity contribution is 5.81. The van der Waals surface area contributed by atoms with Crippen LogP contribution < -0.4 is 4.74 Å². The molecule has 1 atom stereocenters. The van der Waals surface area contributed by atoms with Gasteiger partial charge in [0.15, 0.2) is 0 Å². The number of carbonyl (C=O) groups is 1. The van der Waals surface area contributed by atoms with Crippen molar-refractivity contribution in [3.63, 3.8) is 0 Å². The molecule has 2 aliphatic rings. The number of benzene rings is 2. The number of piperazine rings is 1. The molecule has 0 saturated carbocycles. The lowest BCUT2D eigenvalue weighted by Crippen LogP contribution is -2.53. The number of carbonyl (C=O) groups excluding carboxylic acids is 1. The summed E-state index contributed by atoms with van der Waals surface area (Å²) < 4.78 is 19.0. The maximum atomic E-state index is 13.4. The van der Waals surface area contributed by atoms with Crippen molar-refractivity contribution in [2.24, 2.45) is 0 Å². The molecule has 1 amide bonds. The molecule has 0 bridgehead atoms. The minimum atomic E-state index is -0.270. The van der Waals surface area contributed by atoms with Crippen LogP contribution in [0.4, 0.5) is 4.39 Å². The minimum absolute atomic E-state index is 0.0753. The predicted molar refractivity (Wildman–Crippen MR) is 115 cm³/mol. The monoisotopic (exact) mass is 411 g/mol. The lowest BCUT2D eigenvalue weighted by molar-refractivity contribution is -0.136. The fourth-order valence-electron chi connectivity index (χ4n) is 4.37. The minimum Gasteiger partial charge on any atom is -0.493 e. The van der Waals surface area contributed by atoms with E-state index in [-0.39, 0.29) is 17.8 Å². The molecule has 0 unspecified atom stereocenters. The van der Waals surface area contributed by atoms with Gasteiger partial charge in [0.05, 0.1) is 12.6 Å². The first-order valence-electron chi connectivity index (χ1n) is 10.7. The third-order valence-corrected chi connectivity index (χ3v) is 6.16. The van der Waals surface area contributed by atoms with Crippen molar-refractivity contribution >= 4 is 5.91 Å². The van der Waals surface area contributed by atoms with Crippen molar-refractivity contribution in [1.82, 2.24) is 14.7 Å². The molecule has 2 heterocycles. The molecule has 6 heteroatoms. The molecule has 1 fully saturated rings. The zero-order chi connectivity index (χ0) is 21.1. The highest BCUT2D eigenvalue weighted by Crippen LogP contribution is 2.26. The van der Waals surface area contributed by atoms with E-state index in [0.717, 1.165) is 57.1 Å². The summed E-state index contributed by atoms with van der Waals surface area (Å²) in [5.74, 6) is 0.831. The van der Waals surface area contributed by atoms with Crippen LogP contribution in [0.2, 0.25) is 0 Å². The van der Waals surface area contributed by atoms with Gasteiger partial charge in [-0.05, 0) is 41.8 Å². The van der Waals surface area contributed by atoms with Gasteiger partial charge >= 0.3 is 0 Å². The van der Waals surface area contributed by atoms with E-state index < -0.39 is 0 Å². The van der Waals surface area contributed by atoms with Crippen LogP contribution in [0.5, 0.6) is 5.75 Å². The summed E-state index contributed by atoms with van der Waals surface area (Å²) in [4.78, 5) is 19.3. The van der Waals surface area contributed by atoms with Gasteiger partial charge in [-0.1, -0.05) is 24.3 Å². The first kappa shape index (κ1) is 20.8. The third-order valence-electron chi connectivity index (χ3n) is 6.16. The van der Waals surface area contributed by atoms with E-state index in [1.807, 2.05) is 13.0 Å². The van der Waals surface area contributed by atoms with Gasteiger partial charge < -0.3 is 9.64 Å². The summed E-state index contributed by atoms with van der Waals surface area (Å²) >= 11 is 0. The lowest BCUT2D eigenvalue weighted by Gasteiger charge is -2.38. The van der Waals surface area contributed by atoms with Crippen molar-refractivity contribution in [2.75, 3.05) is 39.8 Å². The van der Waals surface area contributed by atoms with E-state index in [4.69, 9.17) is 4.74 Å². The van der Waals surface area contributed by atoms with Crippen LogP contribution >= 0.6 is 0 Å². The SMILES string of the molecule is C[C@@H](C(=O)N(C)Cc1cccc(F)c1)N1CCN(Cc2ccc3c(c2)CCO3)CC1. The van der Waals surface area contributed by atoms with Crippen LogP contribution in [0.3, 0.4) is 0 Å². The Bertz CT molecular complexity index is 896. The predicted octanol–water partition coefficient (Wildman–Crippen LogP) is 2.93. The Morgan fingerprint density at radius 1 is 1.13 bits per heavy atom. The summed E-state index contributed by atoms with van der Waals surface area (Å²) in [5, 5.41) is 0. The van der Waals surface area contributed by atoms with Crippen molar-refractivity contribution in [3.8, 4) is 5.75 Å². The number of amides is 1. The Morgan fingerprint density at radius 2 is 1.93 bits per heavy atom. The second-order valence-electron chi connectivity index (χ2n) is 8.35. The van der Waals surface area contributed by atoms with Crippen LogP contribution in [0.15, 0.2) is 42.5 Å². The number of rotatable bonds is 6. The normalized spacial score (nSPS) is 18.0. The number of likely N-dealkylation sites (N-methyl/N-ethyl adjacent to an activating group) is 1. The number of hydrogen-bond acceptors (Lipinski definition) is 4. The highest BCUT2D eigenvalue weighted by Gasteiger charge is 2.27. The molecular formula is C24H30FN3O2. The van der Waals surface area contributed by atoms with Crippen molar-refractivity contribution in [3.05, 3.63) is 65.0 Å². The fraction of sp³-hybridized carbons (Fsp3) is 0.458. The Kier molecular flexibility index (Phi) is 6.35. The van der Waals surface area contributed by atoms with Gasteiger partial charge in [-0.25, -0.2) is 4.39 Å². The molecule has 0 radical (unpaired) electrons. The maximum absolute atomic E-state index is 13.4. The van der Waals surface area contributed by atoms with Gasteiger partial charge in [-0.2, -0.15) is 0 Å². The molecule has 0 aromatic heterocycles. The van der Waals surface area contributed by atoms with Crippen LogP contribution in [-0.2, 0) is 24.3 Å². The fourth-order valence-corrected chi connectivity index (χ4v) is 4.37. The van der Waals surface area contributed by atoms with Gasteiger partial charge in [0.25, 0.3) is 0 Å². The number of ether oxygens (including phenoxy) is 1. The molecule has 1 saturated heterocycles. The molecule has 0 N–H and O–H groups in total. The zero-order valence-electron chi connectivity index (χ0n) is 17.8. The highest BCUT2D eigenvalue weighted by atomic mass is 19.1. The van der Waals surface area contributed by atoms with Gasteiger partial charge in [-0.3, -0.25) is 14.6 Å². The molecule has 0 aliphatic carbocycles. The van der Waals surface area contributed by atoms with Crippen LogP contribution in [0.25, 0.3) is 0 Å². The van der Waals surface area contributed by atoms with E-state index >= 15 is 0 Å². The summed E-state index contributed by atoms with van der Waals surface area (Å²) in [6.07, 6.45) is 1.000. The second-order valence-corrected chi connectivity index (χ2v) is 8.35. The van der Waals surface area contributed by atoms with E-state index in [0.29, 0.717) is 6.54 Å². The zero-order valence-corrected chi connectivity index (χ0v) is 17.8. The largest absolute Gasteiger partial charge is 0.493 e. The topological polar surface area (TPSA) is 36.0 Å². The molecule has 30 heavy (non-hydrogen) atoms. The van der Waals surface area contributed by atoms with Gasteiger partial charge in [0.2, 0.25) is 5.91 Å². The number of fused-ring (bicyclic) bond motifs is 1. The summed E-state index contributed by atoms with van der Waals surface area (Å²) in [5.41, 5.74) is 3.45. The maximum Gasteiger partial charge on any atom is 0.239 e. The molecule has 2 aromatic carbocycles. The molecule has 5 nitrogen and oxygen atoms in total. The first-order valence-corrected chi connectivity index (χ1v) is 10.7. The number of nitrogens with zero attached hydrogens (tertiary/aromatic N) is 3. The second kappa shape index (κ2) is 9.14. The van der Waals surface area contributed by atoms with Gasteiger partial charge in [-0.15, -0.1) is 0 Å². The Morgan fingerprint density at radius 3 is 2.70 bits per heavy atom. The number of halogens is 1. The van der Waals surface area contributed by atoms with Crippen molar-refractivity contribution in [2.45, 2.75) is 32.5 Å². The standard InChI is InChI=1S/C24H30FN3O2/c1-18(24(29)26(2)16-19-4-3-5-22(25)15-19)28-11-9-27(10-12-28)17-20-6-7-23-21(14-20)8-13-30-23/h3-7,14-15,18H,8-13,16-17H2,1-2H3/t18-/m0/s1. The Labute approximate surface area is 178 Å². The summed E-state index contributed by atoms with van der Waals surface area (Å²) in [6.45, 7) is 7.74. The lowest BCUT2D eigenvalue weighted by atomic mass is 10.1. The first-order chi connectivity index (χ1) is 14.5. The van der Waals surface area contributed by atoms with Gasteiger partial charge in [0.1, 0.15) is 11.6 Å². The molecule has 4 rings (SSSR count). The number of hydrogen-bond donors (Lipinski definition) is 0. The quantitative estimate of drug-likeness (QED) is 0.732. The van der Waals surface area contributed by atoms with E-state index in [2.05, 4.69) is 28.0 Å². The average molecular weight is 412 g/mol. The van der Waals surface area contributed by atoms with Gasteiger partial charge in [0, 0.05) is 52.7 Å². The Balaban J connectivity index is 1.27. The van der Waals surface area contributed by atoms with Crippen LogP contribution in [0, 0.1) is 5.82 Å². The molecule has 0 spiro atoms. The van der Waals surface area contributed by atoms with Crippen molar-refractivity contribution < 1.29 is 13.9 Å². The molecular weight excluding hydrogens is 381 g/mol. The van der Waals surface area contributed by atoms with Crippen LogP contribution in [-0.4, -0.2) is 66.5 Å². The van der Waals surface area contributed by atoms with E-state index in [9.17, 15) is 9.18 Å². The Hall–Kier alpha value is -2.44. The summed E-state index contributed by atoms with van der Waals surface area (Å²) in [6, 6.07) is 12.8. The molecule has 2 aromatic rings. The smallest absolute Gasteiger partial charge is 0.239 e. The van der Waals surface area contributed by atoms with Crippen LogP contribution in [0.1, 0.15) is 23.6 Å². The van der Waals surface area contributed by atoms with E-state index in [1.54, 1.807) is 18.0 Å². The average Bonchev–Trinajstić information content (AvgIpc) is 3.21. The van der Waals surface area contributed by atoms with Crippen molar-refractivity contribution in [1.29, 1.82) is 0 Å². The molecule has 2 aliphatic heterocycles. The van der Waals surface area contributed by atoms with E-state index in [1.165, 1.54) is 23.3 Å².